The van der Waals surface area contributed by atoms with E-state index in [4.69, 9.17) is 4.74 Å². The molecule has 1 unspecified atom stereocenters. The zero-order chi connectivity index (χ0) is 19.8. The number of rotatable bonds is 9. The Morgan fingerprint density at radius 3 is 2.44 bits per heavy atom. The first-order valence-corrected chi connectivity index (χ1v) is 10.7. The van der Waals surface area contributed by atoms with Gasteiger partial charge < -0.3 is 10.1 Å². The fourth-order valence-corrected chi connectivity index (χ4v) is 4.03. The summed E-state index contributed by atoms with van der Waals surface area (Å²) in [6.07, 6.45) is 0.536. The minimum absolute atomic E-state index is 0.0139. The first kappa shape index (κ1) is 21.4. The van der Waals surface area contributed by atoms with Crippen LogP contribution in [0, 0.1) is 6.92 Å². The highest BCUT2D eigenvalue weighted by Crippen LogP contribution is 2.32. The summed E-state index contributed by atoms with van der Waals surface area (Å²) in [7, 11) is 1.71. The van der Waals surface area contributed by atoms with Gasteiger partial charge in [0, 0.05) is 17.9 Å². The number of aryl methyl sites for hydroxylation is 1. The predicted octanol–water partition coefficient (Wildman–Crippen LogP) is 5.63. The van der Waals surface area contributed by atoms with Crippen LogP contribution in [0.1, 0.15) is 61.4 Å². The molecule has 4 heteroatoms. The third-order valence-corrected chi connectivity index (χ3v) is 5.70. The second-order valence-electron chi connectivity index (χ2n) is 7.18. The normalized spacial score (nSPS) is 12.1. The van der Waals surface area contributed by atoms with E-state index in [0.29, 0.717) is 12.3 Å². The van der Waals surface area contributed by atoms with Gasteiger partial charge in [0.25, 0.3) is 0 Å². The number of thioether (sulfide) groups is 1. The van der Waals surface area contributed by atoms with Gasteiger partial charge in [0.1, 0.15) is 5.75 Å². The van der Waals surface area contributed by atoms with Gasteiger partial charge in [0.2, 0.25) is 5.91 Å². The van der Waals surface area contributed by atoms with E-state index in [2.05, 4.69) is 50.4 Å². The van der Waals surface area contributed by atoms with E-state index in [1.165, 1.54) is 11.1 Å². The molecule has 1 atom stereocenters. The zero-order valence-corrected chi connectivity index (χ0v) is 17.9. The Hall–Kier alpha value is -1.94. The molecular weight excluding hydrogens is 354 g/mol. The molecule has 3 nitrogen and oxygen atoms in total. The van der Waals surface area contributed by atoms with E-state index >= 15 is 0 Å². The van der Waals surface area contributed by atoms with Crippen LogP contribution in [-0.2, 0) is 10.5 Å². The van der Waals surface area contributed by atoms with Crippen LogP contribution in [0.2, 0.25) is 0 Å². The number of hydrogen-bond donors (Lipinski definition) is 1. The van der Waals surface area contributed by atoms with E-state index in [1.807, 2.05) is 25.1 Å². The summed E-state index contributed by atoms with van der Waals surface area (Å²) in [6.45, 7) is 8.43. The minimum Gasteiger partial charge on any atom is -0.496 e. The Labute approximate surface area is 167 Å². The molecular formula is C23H31NO2S. The summed E-state index contributed by atoms with van der Waals surface area (Å²) < 4.78 is 5.52. The number of carbonyl (C=O) groups excluding carboxylic acids is 1. The van der Waals surface area contributed by atoms with Crippen LogP contribution in [0.25, 0.3) is 0 Å². The largest absolute Gasteiger partial charge is 0.496 e. The maximum absolute atomic E-state index is 12.3. The van der Waals surface area contributed by atoms with Crippen molar-refractivity contribution in [2.45, 2.75) is 51.8 Å². The molecule has 0 aromatic heterocycles. The van der Waals surface area contributed by atoms with Gasteiger partial charge in [-0.2, -0.15) is 11.8 Å². The van der Waals surface area contributed by atoms with Crippen molar-refractivity contribution in [3.05, 3.63) is 64.7 Å². The van der Waals surface area contributed by atoms with Gasteiger partial charge >= 0.3 is 0 Å². The Balaban J connectivity index is 1.89. The molecule has 0 spiro atoms. The molecule has 146 valence electrons. The molecule has 0 aliphatic carbocycles. The first-order chi connectivity index (χ1) is 12.9. The molecule has 0 aliphatic rings. The summed E-state index contributed by atoms with van der Waals surface area (Å²) in [5.74, 6) is 3.16. The number of methoxy groups -OCH3 is 1. The number of nitrogens with one attached hydrogen (secondary N) is 1. The van der Waals surface area contributed by atoms with Crippen molar-refractivity contribution in [2.75, 3.05) is 12.9 Å². The molecule has 0 heterocycles. The third kappa shape index (κ3) is 6.31. The minimum atomic E-state index is -0.0139. The first-order valence-electron chi connectivity index (χ1n) is 9.51. The van der Waals surface area contributed by atoms with Gasteiger partial charge in [-0.1, -0.05) is 44.2 Å². The number of hydrogen-bond acceptors (Lipinski definition) is 3. The topological polar surface area (TPSA) is 38.3 Å². The quantitative estimate of drug-likeness (QED) is 0.569. The lowest BCUT2D eigenvalue weighted by molar-refractivity contribution is -0.121. The molecule has 1 amide bonds. The Morgan fingerprint density at radius 2 is 1.81 bits per heavy atom. The maximum Gasteiger partial charge on any atom is 0.221 e. The summed E-state index contributed by atoms with van der Waals surface area (Å²) in [5.41, 5.74) is 4.77. The van der Waals surface area contributed by atoms with Gasteiger partial charge in [-0.15, -0.1) is 0 Å². The van der Waals surface area contributed by atoms with Crippen LogP contribution in [0.4, 0.5) is 0 Å². The molecule has 0 saturated heterocycles. The smallest absolute Gasteiger partial charge is 0.221 e. The van der Waals surface area contributed by atoms with E-state index < -0.39 is 0 Å². The van der Waals surface area contributed by atoms with E-state index in [1.54, 1.807) is 18.9 Å². The van der Waals surface area contributed by atoms with E-state index in [9.17, 15) is 4.79 Å². The summed E-state index contributed by atoms with van der Waals surface area (Å²) in [6, 6.07) is 14.6. The van der Waals surface area contributed by atoms with Crippen molar-refractivity contribution in [1.29, 1.82) is 0 Å². The van der Waals surface area contributed by atoms with Crippen LogP contribution in [0.15, 0.2) is 42.5 Å². The molecule has 1 N–H and O–H groups in total. The van der Waals surface area contributed by atoms with Gasteiger partial charge in [-0.05, 0) is 54.2 Å². The molecule has 2 aromatic carbocycles. The average Bonchev–Trinajstić information content (AvgIpc) is 2.65. The van der Waals surface area contributed by atoms with Gasteiger partial charge in [0.15, 0.2) is 0 Å². The Kier molecular flexibility index (Phi) is 8.23. The fourth-order valence-electron chi connectivity index (χ4n) is 3.13. The average molecular weight is 386 g/mol. The van der Waals surface area contributed by atoms with Crippen molar-refractivity contribution < 1.29 is 9.53 Å². The Morgan fingerprint density at radius 1 is 1.11 bits per heavy atom. The third-order valence-electron chi connectivity index (χ3n) is 4.67. The summed E-state index contributed by atoms with van der Waals surface area (Å²) in [5, 5.41) is 3.15. The zero-order valence-electron chi connectivity index (χ0n) is 17.0. The molecule has 2 rings (SSSR count). The van der Waals surface area contributed by atoms with Crippen molar-refractivity contribution in [1.82, 2.24) is 5.32 Å². The lowest BCUT2D eigenvalue weighted by Gasteiger charge is -2.21. The van der Waals surface area contributed by atoms with E-state index in [0.717, 1.165) is 28.4 Å². The standard InChI is InChI=1S/C23H31NO2S/c1-16(2)20-14-21(17(3)13-22(20)26-5)18(4)24-23(25)11-12-27-15-19-9-7-6-8-10-19/h6-10,13-14,16,18H,11-12,15H2,1-5H3,(H,24,25). The molecule has 0 bridgehead atoms. The van der Waals surface area contributed by atoms with E-state index in [-0.39, 0.29) is 11.9 Å². The fraction of sp³-hybridized carbons (Fsp3) is 0.435. The number of amides is 1. The van der Waals surface area contributed by atoms with Gasteiger partial charge in [0.05, 0.1) is 13.2 Å². The van der Waals surface area contributed by atoms with Gasteiger partial charge in [-0.3, -0.25) is 4.79 Å². The summed E-state index contributed by atoms with van der Waals surface area (Å²) in [4.78, 5) is 12.3. The Bertz CT molecular complexity index is 744. The predicted molar refractivity (Wildman–Crippen MR) is 116 cm³/mol. The molecule has 2 aromatic rings. The second-order valence-corrected chi connectivity index (χ2v) is 8.29. The van der Waals surface area contributed by atoms with Crippen molar-refractivity contribution in [3.8, 4) is 5.75 Å². The van der Waals surface area contributed by atoms with Crippen LogP contribution < -0.4 is 10.1 Å². The second kappa shape index (κ2) is 10.4. The highest BCUT2D eigenvalue weighted by Gasteiger charge is 2.16. The molecule has 0 aliphatic heterocycles. The molecule has 0 radical (unpaired) electrons. The lowest BCUT2D eigenvalue weighted by Crippen LogP contribution is -2.27. The SMILES string of the molecule is COc1cc(C)c(C(C)NC(=O)CCSCc2ccccc2)cc1C(C)C. The van der Waals surface area contributed by atoms with Crippen LogP contribution in [0.5, 0.6) is 5.75 Å². The number of benzene rings is 2. The van der Waals surface area contributed by atoms with Crippen molar-refractivity contribution >= 4 is 17.7 Å². The molecule has 27 heavy (non-hydrogen) atoms. The summed E-state index contributed by atoms with van der Waals surface area (Å²) >= 11 is 1.79. The monoisotopic (exact) mass is 385 g/mol. The van der Waals surface area contributed by atoms with Crippen molar-refractivity contribution in [2.24, 2.45) is 0 Å². The molecule has 0 fully saturated rings. The molecule has 0 saturated carbocycles. The highest BCUT2D eigenvalue weighted by atomic mass is 32.2. The highest BCUT2D eigenvalue weighted by molar-refractivity contribution is 7.98. The number of ether oxygens (including phenoxy) is 1. The van der Waals surface area contributed by atoms with Crippen LogP contribution in [-0.4, -0.2) is 18.8 Å². The van der Waals surface area contributed by atoms with Crippen LogP contribution >= 0.6 is 11.8 Å². The van der Waals surface area contributed by atoms with Gasteiger partial charge in [-0.25, -0.2) is 0 Å². The number of carbonyl (C=O) groups is 1. The maximum atomic E-state index is 12.3. The van der Waals surface area contributed by atoms with Crippen LogP contribution in [0.3, 0.4) is 0 Å². The van der Waals surface area contributed by atoms with Crippen molar-refractivity contribution in [3.63, 3.8) is 0 Å². The lowest BCUT2D eigenvalue weighted by atomic mass is 9.93.